The molecule has 4 nitrogen and oxygen atoms in total. The van der Waals surface area contributed by atoms with Gasteiger partial charge in [0.1, 0.15) is 5.38 Å². The van der Waals surface area contributed by atoms with Crippen LogP contribution in [0.4, 0.5) is 0 Å². The van der Waals surface area contributed by atoms with Crippen LogP contribution in [0.15, 0.2) is 36.4 Å². The average Bonchev–Trinajstić information content (AvgIpc) is 2.77. The molecule has 0 bridgehead atoms. The number of nitrogens with zero attached hydrogens (tertiary/aromatic N) is 2. The highest BCUT2D eigenvalue weighted by atomic mass is 35.5. The molecule has 1 N–H and O–H groups in total. The number of carbonyl (C=O) groups is 1. The Hall–Kier alpha value is -1.81. The van der Waals surface area contributed by atoms with Gasteiger partial charge in [0.25, 0.3) is 0 Å². The number of benzene rings is 1. The summed E-state index contributed by atoms with van der Waals surface area (Å²) in [6.07, 6.45) is 0. The van der Waals surface area contributed by atoms with E-state index in [4.69, 9.17) is 11.6 Å². The molecule has 1 amide bonds. The maximum absolute atomic E-state index is 12.0. The lowest BCUT2D eigenvalue weighted by Gasteiger charge is -2.11. The third-order valence-corrected chi connectivity index (χ3v) is 3.50. The van der Waals surface area contributed by atoms with Gasteiger partial charge in [-0.1, -0.05) is 30.3 Å². The maximum atomic E-state index is 12.0. The Labute approximate surface area is 123 Å². The third kappa shape index (κ3) is 3.61. The molecule has 1 unspecified atom stereocenters. The van der Waals surface area contributed by atoms with Crippen LogP contribution >= 0.6 is 11.6 Å². The Morgan fingerprint density at radius 2 is 2.05 bits per heavy atom. The Bertz CT molecular complexity index is 580. The van der Waals surface area contributed by atoms with Gasteiger partial charge in [0.05, 0.1) is 12.2 Å². The summed E-state index contributed by atoms with van der Waals surface area (Å²) in [6.45, 7) is 5.10. The van der Waals surface area contributed by atoms with Crippen molar-refractivity contribution in [3.05, 3.63) is 53.3 Å². The SMILES string of the molecule is Cc1cc(C)n(CCNC(=O)C(Cl)c2ccccc2)n1. The largest absolute Gasteiger partial charge is 0.353 e. The fraction of sp³-hybridized carbons (Fsp3) is 0.333. The smallest absolute Gasteiger partial charge is 0.242 e. The number of amides is 1. The molecule has 2 aromatic rings. The van der Waals surface area contributed by atoms with E-state index >= 15 is 0 Å². The molecular formula is C15H18ClN3O. The van der Waals surface area contributed by atoms with Gasteiger partial charge in [0.2, 0.25) is 5.91 Å². The number of aryl methyl sites for hydroxylation is 2. The van der Waals surface area contributed by atoms with Crippen LogP contribution < -0.4 is 5.32 Å². The van der Waals surface area contributed by atoms with E-state index < -0.39 is 5.38 Å². The molecule has 0 radical (unpaired) electrons. The molecule has 1 aromatic carbocycles. The van der Waals surface area contributed by atoms with Crippen molar-refractivity contribution in [1.82, 2.24) is 15.1 Å². The Kier molecular flexibility index (Phi) is 4.79. The summed E-state index contributed by atoms with van der Waals surface area (Å²) in [4.78, 5) is 12.0. The van der Waals surface area contributed by atoms with Gasteiger partial charge in [0.15, 0.2) is 0 Å². The van der Waals surface area contributed by atoms with Crippen molar-refractivity contribution < 1.29 is 4.79 Å². The van der Waals surface area contributed by atoms with Crippen molar-refractivity contribution in [2.45, 2.75) is 25.8 Å². The second-order valence-corrected chi connectivity index (χ2v) is 5.15. The van der Waals surface area contributed by atoms with Crippen molar-refractivity contribution in [2.75, 3.05) is 6.54 Å². The van der Waals surface area contributed by atoms with Crippen LogP contribution in [0.2, 0.25) is 0 Å². The van der Waals surface area contributed by atoms with E-state index in [-0.39, 0.29) is 5.91 Å². The quantitative estimate of drug-likeness (QED) is 0.861. The van der Waals surface area contributed by atoms with E-state index in [1.807, 2.05) is 54.9 Å². The first-order valence-corrected chi connectivity index (χ1v) is 6.99. The van der Waals surface area contributed by atoms with Crippen LogP contribution in [0.3, 0.4) is 0 Å². The molecule has 1 aromatic heterocycles. The monoisotopic (exact) mass is 291 g/mol. The van der Waals surface area contributed by atoms with Gasteiger partial charge in [-0.25, -0.2) is 0 Å². The second-order valence-electron chi connectivity index (χ2n) is 4.71. The highest BCUT2D eigenvalue weighted by Gasteiger charge is 2.16. The third-order valence-electron chi connectivity index (χ3n) is 3.05. The summed E-state index contributed by atoms with van der Waals surface area (Å²) in [7, 11) is 0. The summed E-state index contributed by atoms with van der Waals surface area (Å²) in [6, 6.07) is 11.3. The first-order chi connectivity index (χ1) is 9.58. The van der Waals surface area contributed by atoms with Gasteiger partial charge >= 0.3 is 0 Å². The molecule has 0 saturated heterocycles. The predicted molar refractivity (Wildman–Crippen MR) is 79.7 cm³/mol. The normalized spacial score (nSPS) is 12.2. The molecule has 5 heteroatoms. The number of aromatic nitrogens is 2. The zero-order valence-corrected chi connectivity index (χ0v) is 12.4. The molecule has 1 heterocycles. The summed E-state index contributed by atoms with van der Waals surface area (Å²) in [5, 5.41) is 6.52. The summed E-state index contributed by atoms with van der Waals surface area (Å²) < 4.78 is 1.88. The topological polar surface area (TPSA) is 46.9 Å². The highest BCUT2D eigenvalue weighted by molar-refractivity contribution is 6.30. The molecule has 106 valence electrons. The van der Waals surface area contributed by atoms with Crippen molar-refractivity contribution in [3.63, 3.8) is 0 Å². The molecule has 0 aliphatic carbocycles. The number of alkyl halides is 1. The lowest BCUT2D eigenvalue weighted by Crippen LogP contribution is -2.30. The molecule has 1 atom stereocenters. The molecule has 20 heavy (non-hydrogen) atoms. The molecule has 0 spiro atoms. The van der Waals surface area contributed by atoms with Crippen LogP contribution in [0.25, 0.3) is 0 Å². The number of carbonyl (C=O) groups excluding carboxylic acids is 1. The van der Waals surface area contributed by atoms with Crippen molar-refractivity contribution in [1.29, 1.82) is 0 Å². The molecule has 0 aliphatic heterocycles. The van der Waals surface area contributed by atoms with Gasteiger partial charge in [-0.2, -0.15) is 5.10 Å². The minimum Gasteiger partial charge on any atom is -0.353 e. The summed E-state index contributed by atoms with van der Waals surface area (Å²) >= 11 is 6.14. The van der Waals surface area contributed by atoms with Gasteiger partial charge in [-0.3, -0.25) is 9.48 Å². The lowest BCUT2D eigenvalue weighted by atomic mass is 10.1. The molecule has 2 rings (SSSR count). The molecule has 0 saturated carbocycles. The second kappa shape index (κ2) is 6.57. The average molecular weight is 292 g/mol. The number of halogens is 1. The van der Waals surface area contributed by atoms with E-state index in [2.05, 4.69) is 10.4 Å². The fourth-order valence-electron chi connectivity index (χ4n) is 2.05. The van der Waals surface area contributed by atoms with E-state index in [0.717, 1.165) is 17.0 Å². The Balaban J connectivity index is 1.85. The minimum atomic E-state index is -0.656. The number of hydrogen-bond acceptors (Lipinski definition) is 2. The van der Waals surface area contributed by atoms with Gasteiger partial charge < -0.3 is 5.32 Å². The maximum Gasteiger partial charge on any atom is 0.242 e. The first-order valence-electron chi connectivity index (χ1n) is 6.55. The van der Waals surface area contributed by atoms with Crippen LogP contribution in [0, 0.1) is 13.8 Å². The van der Waals surface area contributed by atoms with E-state index in [1.165, 1.54) is 0 Å². The van der Waals surface area contributed by atoms with E-state index in [1.54, 1.807) is 0 Å². The van der Waals surface area contributed by atoms with Gasteiger partial charge in [-0.05, 0) is 25.5 Å². The van der Waals surface area contributed by atoms with Crippen LogP contribution in [-0.2, 0) is 11.3 Å². The van der Waals surface area contributed by atoms with E-state index in [9.17, 15) is 4.79 Å². The fourth-order valence-corrected chi connectivity index (χ4v) is 2.27. The van der Waals surface area contributed by atoms with E-state index in [0.29, 0.717) is 13.1 Å². The first kappa shape index (κ1) is 14.6. The lowest BCUT2D eigenvalue weighted by molar-refractivity contribution is -0.120. The van der Waals surface area contributed by atoms with Crippen molar-refractivity contribution in [3.8, 4) is 0 Å². The number of hydrogen-bond donors (Lipinski definition) is 1. The van der Waals surface area contributed by atoms with Crippen molar-refractivity contribution in [2.24, 2.45) is 0 Å². The minimum absolute atomic E-state index is 0.181. The zero-order valence-electron chi connectivity index (χ0n) is 11.6. The molecule has 0 fully saturated rings. The highest BCUT2D eigenvalue weighted by Crippen LogP contribution is 2.19. The standard InChI is InChI=1S/C15H18ClN3O/c1-11-10-12(2)19(18-11)9-8-17-15(20)14(16)13-6-4-3-5-7-13/h3-7,10,14H,8-9H2,1-2H3,(H,17,20). The summed E-state index contributed by atoms with van der Waals surface area (Å²) in [5.41, 5.74) is 2.87. The van der Waals surface area contributed by atoms with Crippen molar-refractivity contribution >= 4 is 17.5 Å². The molecule has 0 aliphatic rings. The van der Waals surface area contributed by atoms with Crippen LogP contribution in [0.1, 0.15) is 22.3 Å². The Morgan fingerprint density at radius 1 is 1.35 bits per heavy atom. The van der Waals surface area contributed by atoms with Gasteiger partial charge in [-0.15, -0.1) is 11.6 Å². The number of rotatable bonds is 5. The van der Waals surface area contributed by atoms with Crippen LogP contribution in [0.5, 0.6) is 0 Å². The Morgan fingerprint density at radius 3 is 2.65 bits per heavy atom. The van der Waals surface area contributed by atoms with Gasteiger partial charge in [0, 0.05) is 12.2 Å². The molecular weight excluding hydrogens is 274 g/mol. The zero-order chi connectivity index (χ0) is 14.5. The van der Waals surface area contributed by atoms with Crippen LogP contribution in [-0.4, -0.2) is 22.2 Å². The predicted octanol–water partition coefficient (Wildman–Crippen LogP) is 2.60. The number of nitrogens with one attached hydrogen (secondary N) is 1. The summed E-state index contributed by atoms with van der Waals surface area (Å²) in [5.74, 6) is -0.181.